The fourth-order valence-electron chi connectivity index (χ4n) is 2.32. The molecule has 1 heterocycles. The molecule has 2 aromatic carbocycles. The molecule has 0 radical (unpaired) electrons. The first kappa shape index (κ1) is 19.4. The molecule has 0 spiro atoms. The Morgan fingerprint density at radius 1 is 1.00 bits per heavy atom. The lowest BCUT2D eigenvalue weighted by Crippen LogP contribution is -2.14. The monoisotopic (exact) mass is 418 g/mol. The van der Waals surface area contributed by atoms with Crippen molar-refractivity contribution in [2.75, 3.05) is 10.0 Å². The molecule has 0 bridgehead atoms. The van der Waals surface area contributed by atoms with Crippen LogP contribution in [0.1, 0.15) is 20.0 Å². The van der Waals surface area contributed by atoms with Gasteiger partial charge in [0.2, 0.25) is 0 Å². The van der Waals surface area contributed by atoms with Crippen molar-refractivity contribution >= 4 is 44.6 Å². The highest BCUT2D eigenvalue weighted by Gasteiger charge is 2.20. The molecule has 1 aromatic heterocycles. The number of phenolic OH excluding ortho intramolecular Hbond substituents is 1. The van der Waals surface area contributed by atoms with Crippen LogP contribution in [0.5, 0.6) is 5.75 Å². The summed E-state index contributed by atoms with van der Waals surface area (Å²) in [6.45, 7) is 0. The van der Waals surface area contributed by atoms with E-state index < -0.39 is 21.9 Å². The number of amides is 1. The molecule has 3 aromatic rings. The number of carbonyl (C=O) groups excluding carboxylic acids is 1. The number of carboxylic acids is 1. The summed E-state index contributed by atoms with van der Waals surface area (Å²) in [7, 11) is -3.96. The largest absolute Gasteiger partial charge is 0.508 e. The number of anilines is 2. The molecule has 0 aliphatic carbocycles. The average Bonchev–Trinajstić information content (AvgIpc) is 3.13. The molecule has 0 aliphatic rings. The topological polar surface area (TPSA) is 133 Å². The number of benzene rings is 2. The zero-order valence-corrected chi connectivity index (χ0v) is 15.8. The SMILES string of the molecule is O=C(Nc1ccccc1C(=O)O)c1cc(S(=O)(=O)Nc2cccc(O)c2)cs1. The number of aromatic hydroxyl groups is 1. The Labute approximate surface area is 164 Å². The van der Waals surface area contributed by atoms with Gasteiger partial charge in [-0.25, -0.2) is 13.2 Å². The van der Waals surface area contributed by atoms with E-state index in [4.69, 9.17) is 5.11 Å². The lowest BCUT2D eigenvalue weighted by Gasteiger charge is -2.07. The first-order valence-electron chi connectivity index (χ1n) is 7.80. The van der Waals surface area contributed by atoms with E-state index in [2.05, 4.69) is 10.0 Å². The molecule has 10 heteroatoms. The van der Waals surface area contributed by atoms with Crippen LogP contribution < -0.4 is 10.0 Å². The number of hydrogen-bond acceptors (Lipinski definition) is 6. The second-order valence-electron chi connectivity index (χ2n) is 5.61. The molecule has 0 aliphatic heterocycles. The number of rotatable bonds is 6. The van der Waals surface area contributed by atoms with Gasteiger partial charge in [0, 0.05) is 11.4 Å². The van der Waals surface area contributed by atoms with E-state index in [0.29, 0.717) is 0 Å². The standard InChI is InChI=1S/C18H14N2O6S2/c21-12-5-3-4-11(8-12)20-28(25,26)13-9-16(27-10-13)17(22)19-15-7-2-1-6-14(15)18(23)24/h1-10,20-21H,(H,19,22)(H,23,24). The van der Waals surface area contributed by atoms with E-state index in [1.54, 1.807) is 6.07 Å². The number of carbonyl (C=O) groups is 2. The Morgan fingerprint density at radius 3 is 2.46 bits per heavy atom. The molecule has 4 N–H and O–H groups in total. The predicted octanol–water partition coefficient (Wildman–Crippen LogP) is 3.21. The summed E-state index contributed by atoms with van der Waals surface area (Å²) in [5.74, 6) is -1.92. The number of para-hydroxylation sites is 1. The van der Waals surface area contributed by atoms with Gasteiger partial charge in [-0.05, 0) is 30.3 Å². The van der Waals surface area contributed by atoms with Crippen molar-refractivity contribution in [3.8, 4) is 5.75 Å². The van der Waals surface area contributed by atoms with Gasteiger partial charge in [-0.2, -0.15) is 0 Å². The fourth-order valence-corrected chi connectivity index (χ4v) is 4.54. The minimum atomic E-state index is -3.96. The van der Waals surface area contributed by atoms with Gasteiger partial charge in [0.25, 0.3) is 15.9 Å². The number of hydrogen-bond donors (Lipinski definition) is 4. The second kappa shape index (κ2) is 7.71. The molecule has 28 heavy (non-hydrogen) atoms. The van der Waals surface area contributed by atoms with Crippen LogP contribution in [-0.4, -0.2) is 30.5 Å². The number of aromatic carboxylic acids is 1. The van der Waals surface area contributed by atoms with Crippen LogP contribution in [0, 0.1) is 0 Å². The number of carboxylic acid groups (broad SMARTS) is 1. The normalized spacial score (nSPS) is 11.0. The number of thiophene rings is 1. The third-order valence-electron chi connectivity index (χ3n) is 3.61. The van der Waals surface area contributed by atoms with Crippen LogP contribution in [-0.2, 0) is 10.0 Å². The molecule has 0 fully saturated rings. The van der Waals surface area contributed by atoms with Gasteiger partial charge in [0.05, 0.1) is 26.7 Å². The maximum Gasteiger partial charge on any atom is 0.337 e. The Morgan fingerprint density at radius 2 is 1.75 bits per heavy atom. The summed E-state index contributed by atoms with van der Waals surface area (Å²) >= 11 is 0.904. The number of nitrogens with one attached hydrogen (secondary N) is 2. The molecular formula is C18H14N2O6S2. The van der Waals surface area contributed by atoms with Crippen LogP contribution in [0.15, 0.2) is 64.9 Å². The summed E-state index contributed by atoms with van der Waals surface area (Å²) in [5, 5.41) is 22.4. The highest BCUT2D eigenvalue weighted by atomic mass is 32.2. The van der Waals surface area contributed by atoms with Crippen molar-refractivity contribution in [1.82, 2.24) is 0 Å². The lowest BCUT2D eigenvalue weighted by molar-refractivity contribution is 0.0698. The third-order valence-corrected chi connectivity index (χ3v) is 6.05. The van der Waals surface area contributed by atoms with Crippen molar-refractivity contribution in [1.29, 1.82) is 0 Å². The van der Waals surface area contributed by atoms with Crippen molar-refractivity contribution in [2.45, 2.75) is 4.90 Å². The minimum Gasteiger partial charge on any atom is -0.508 e. The molecule has 0 saturated carbocycles. The summed E-state index contributed by atoms with van der Waals surface area (Å²) in [4.78, 5) is 23.6. The van der Waals surface area contributed by atoms with Crippen LogP contribution in [0.4, 0.5) is 11.4 Å². The number of phenols is 1. The Balaban J connectivity index is 1.80. The molecule has 8 nitrogen and oxygen atoms in total. The number of sulfonamides is 1. The van der Waals surface area contributed by atoms with Crippen molar-refractivity contribution < 1.29 is 28.2 Å². The van der Waals surface area contributed by atoms with Crippen molar-refractivity contribution in [3.63, 3.8) is 0 Å². The summed E-state index contributed by atoms with van der Waals surface area (Å²) in [6, 6.07) is 12.7. The van der Waals surface area contributed by atoms with Crippen molar-refractivity contribution in [2.24, 2.45) is 0 Å². The van der Waals surface area contributed by atoms with Gasteiger partial charge in [-0.1, -0.05) is 18.2 Å². The maximum atomic E-state index is 12.5. The van der Waals surface area contributed by atoms with Crippen LogP contribution in [0.3, 0.4) is 0 Å². The molecule has 0 atom stereocenters. The average molecular weight is 418 g/mol. The molecule has 3 rings (SSSR count). The molecule has 0 unspecified atom stereocenters. The van der Waals surface area contributed by atoms with Gasteiger partial charge in [-0.3, -0.25) is 9.52 Å². The maximum absolute atomic E-state index is 12.5. The van der Waals surface area contributed by atoms with Crippen LogP contribution >= 0.6 is 11.3 Å². The quantitative estimate of drug-likeness (QED) is 0.486. The van der Waals surface area contributed by atoms with E-state index in [-0.39, 0.29) is 32.5 Å². The van der Waals surface area contributed by atoms with E-state index in [9.17, 15) is 23.1 Å². The van der Waals surface area contributed by atoms with Gasteiger partial charge < -0.3 is 15.5 Å². The fraction of sp³-hybridized carbons (Fsp3) is 0. The van der Waals surface area contributed by atoms with Gasteiger partial charge in [0.15, 0.2) is 0 Å². The first-order chi connectivity index (χ1) is 13.3. The zero-order valence-electron chi connectivity index (χ0n) is 14.1. The van der Waals surface area contributed by atoms with Gasteiger partial charge >= 0.3 is 5.97 Å². The van der Waals surface area contributed by atoms with Gasteiger partial charge in [0.1, 0.15) is 5.75 Å². The Kier molecular flexibility index (Phi) is 5.34. The summed E-state index contributed by atoms with van der Waals surface area (Å²) < 4.78 is 27.2. The molecular weight excluding hydrogens is 404 g/mol. The third kappa shape index (κ3) is 4.30. The predicted molar refractivity (Wildman–Crippen MR) is 105 cm³/mol. The lowest BCUT2D eigenvalue weighted by atomic mass is 10.2. The Bertz CT molecular complexity index is 1150. The summed E-state index contributed by atoms with van der Waals surface area (Å²) in [5.41, 5.74) is 0.203. The smallest absolute Gasteiger partial charge is 0.337 e. The highest BCUT2D eigenvalue weighted by Crippen LogP contribution is 2.25. The zero-order chi connectivity index (χ0) is 20.3. The van der Waals surface area contributed by atoms with Crippen LogP contribution in [0.25, 0.3) is 0 Å². The van der Waals surface area contributed by atoms with E-state index in [1.165, 1.54) is 53.9 Å². The van der Waals surface area contributed by atoms with E-state index in [1.807, 2.05) is 0 Å². The minimum absolute atomic E-state index is 0.0780. The van der Waals surface area contributed by atoms with Gasteiger partial charge in [-0.15, -0.1) is 11.3 Å². The highest BCUT2D eigenvalue weighted by molar-refractivity contribution is 7.92. The molecule has 1 amide bonds. The second-order valence-corrected chi connectivity index (χ2v) is 8.20. The first-order valence-corrected chi connectivity index (χ1v) is 10.2. The molecule has 0 saturated heterocycles. The summed E-state index contributed by atoms with van der Waals surface area (Å²) in [6.07, 6.45) is 0. The Hall–Kier alpha value is -3.37. The van der Waals surface area contributed by atoms with E-state index in [0.717, 1.165) is 11.3 Å². The van der Waals surface area contributed by atoms with Crippen LogP contribution in [0.2, 0.25) is 0 Å². The van der Waals surface area contributed by atoms with Crippen molar-refractivity contribution in [3.05, 3.63) is 70.4 Å². The molecule has 144 valence electrons. The van der Waals surface area contributed by atoms with E-state index >= 15 is 0 Å².